The van der Waals surface area contributed by atoms with Crippen LogP contribution in [0.4, 0.5) is 11.4 Å². The van der Waals surface area contributed by atoms with Crippen LogP contribution in [0.2, 0.25) is 5.02 Å². The lowest BCUT2D eigenvalue weighted by Gasteiger charge is -2.22. The first-order valence-electron chi connectivity index (χ1n) is 10.9. The molecule has 10 heteroatoms. The highest BCUT2D eigenvalue weighted by atomic mass is 35.5. The smallest absolute Gasteiger partial charge is 0.257 e. The third kappa shape index (κ3) is 4.36. The SMILES string of the molecule is O=C(Nc1cccc(-c2ncnn3cccc23)c1)c1ccc(N2CCCCCS2(=O)=O)cc1Cl. The van der Waals surface area contributed by atoms with Crippen molar-refractivity contribution in [1.29, 1.82) is 0 Å². The summed E-state index contributed by atoms with van der Waals surface area (Å²) in [5.41, 5.74) is 3.76. The van der Waals surface area contributed by atoms with Crippen molar-refractivity contribution in [2.45, 2.75) is 19.3 Å². The van der Waals surface area contributed by atoms with Crippen LogP contribution < -0.4 is 9.62 Å². The number of benzene rings is 2. The molecule has 1 fully saturated rings. The van der Waals surface area contributed by atoms with Crippen LogP contribution in [0.15, 0.2) is 67.1 Å². The van der Waals surface area contributed by atoms with Crippen molar-refractivity contribution in [2.24, 2.45) is 0 Å². The minimum Gasteiger partial charge on any atom is -0.322 e. The molecule has 1 saturated heterocycles. The summed E-state index contributed by atoms with van der Waals surface area (Å²) in [6.07, 6.45) is 5.64. The number of fused-ring (bicyclic) bond motifs is 1. The van der Waals surface area contributed by atoms with E-state index in [2.05, 4.69) is 15.4 Å². The quantitative estimate of drug-likeness (QED) is 0.445. The Kier molecular flexibility index (Phi) is 5.97. The number of carbonyl (C=O) groups excluding carboxylic acids is 1. The van der Waals surface area contributed by atoms with E-state index in [9.17, 15) is 13.2 Å². The maximum atomic E-state index is 13.0. The van der Waals surface area contributed by atoms with Crippen molar-refractivity contribution in [3.8, 4) is 11.3 Å². The number of amides is 1. The van der Waals surface area contributed by atoms with Crippen LogP contribution in [-0.2, 0) is 10.0 Å². The normalized spacial score (nSPS) is 15.7. The fourth-order valence-corrected chi connectivity index (χ4v) is 6.02. The van der Waals surface area contributed by atoms with Crippen LogP contribution in [0.3, 0.4) is 0 Å². The number of anilines is 2. The second-order valence-corrected chi connectivity index (χ2v) is 10.5. The molecule has 0 unspecified atom stereocenters. The molecule has 8 nitrogen and oxygen atoms in total. The molecule has 5 rings (SSSR count). The summed E-state index contributed by atoms with van der Waals surface area (Å²) < 4.78 is 28.3. The van der Waals surface area contributed by atoms with Gasteiger partial charge in [-0.25, -0.2) is 17.9 Å². The zero-order valence-electron chi connectivity index (χ0n) is 18.2. The van der Waals surface area contributed by atoms with Gasteiger partial charge in [-0.1, -0.05) is 30.2 Å². The van der Waals surface area contributed by atoms with E-state index in [-0.39, 0.29) is 22.2 Å². The van der Waals surface area contributed by atoms with Crippen molar-refractivity contribution in [2.75, 3.05) is 21.9 Å². The first-order chi connectivity index (χ1) is 16.4. The lowest BCUT2D eigenvalue weighted by molar-refractivity contribution is 0.102. The molecule has 0 bridgehead atoms. The molecule has 0 aliphatic carbocycles. The van der Waals surface area contributed by atoms with E-state index in [0.29, 0.717) is 24.3 Å². The average molecular weight is 496 g/mol. The van der Waals surface area contributed by atoms with Crippen molar-refractivity contribution in [3.63, 3.8) is 0 Å². The summed E-state index contributed by atoms with van der Waals surface area (Å²) in [6, 6.07) is 15.9. The van der Waals surface area contributed by atoms with Crippen molar-refractivity contribution < 1.29 is 13.2 Å². The highest BCUT2D eigenvalue weighted by molar-refractivity contribution is 7.92. The molecule has 0 saturated carbocycles. The summed E-state index contributed by atoms with van der Waals surface area (Å²) in [7, 11) is -3.39. The number of hydrogen-bond donors (Lipinski definition) is 1. The van der Waals surface area contributed by atoms with Crippen LogP contribution in [0.25, 0.3) is 16.8 Å². The van der Waals surface area contributed by atoms with Gasteiger partial charge in [0.25, 0.3) is 5.91 Å². The number of halogens is 1. The molecule has 34 heavy (non-hydrogen) atoms. The molecule has 2 aromatic heterocycles. The van der Waals surface area contributed by atoms with Gasteiger partial charge in [-0.05, 0) is 55.3 Å². The monoisotopic (exact) mass is 495 g/mol. The Morgan fingerprint density at radius 3 is 2.76 bits per heavy atom. The zero-order valence-corrected chi connectivity index (χ0v) is 19.8. The molecule has 1 aliphatic rings. The zero-order chi connectivity index (χ0) is 23.7. The number of nitrogens with one attached hydrogen (secondary N) is 1. The van der Waals surface area contributed by atoms with Gasteiger partial charge in [0.15, 0.2) is 0 Å². The van der Waals surface area contributed by atoms with Gasteiger partial charge in [-0.15, -0.1) is 0 Å². The topological polar surface area (TPSA) is 96.7 Å². The van der Waals surface area contributed by atoms with Crippen molar-refractivity contribution in [1.82, 2.24) is 14.6 Å². The molecule has 0 atom stereocenters. The van der Waals surface area contributed by atoms with Gasteiger partial charge in [-0.3, -0.25) is 9.10 Å². The molecule has 1 aliphatic heterocycles. The summed E-state index contributed by atoms with van der Waals surface area (Å²) in [5, 5.41) is 7.24. The fraction of sp³-hybridized carbons (Fsp3) is 0.208. The minimum atomic E-state index is -3.39. The van der Waals surface area contributed by atoms with Gasteiger partial charge in [0.05, 0.1) is 33.2 Å². The molecule has 1 N–H and O–H groups in total. The Morgan fingerprint density at radius 1 is 1.03 bits per heavy atom. The van der Waals surface area contributed by atoms with Crippen LogP contribution in [0.5, 0.6) is 0 Å². The molecule has 1 amide bonds. The Bertz CT molecular complexity index is 1490. The second-order valence-electron chi connectivity index (χ2n) is 8.09. The lowest BCUT2D eigenvalue weighted by Crippen LogP contribution is -2.32. The minimum absolute atomic E-state index is 0.116. The predicted octanol–water partition coefficient (Wildman–Crippen LogP) is 4.62. The predicted molar refractivity (Wildman–Crippen MR) is 133 cm³/mol. The first-order valence-corrected chi connectivity index (χ1v) is 12.9. The largest absolute Gasteiger partial charge is 0.322 e. The summed E-state index contributed by atoms with van der Waals surface area (Å²) in [6.45, 7) is 0.412. The Labute approximate surface area is 202 Å². The summed E-state index contributed by atoms with van der Waals surface area (Å²) >= 11 is 6.42. The Balaban J connectivity index is 1.39. The number of nitrogens with zero attached hydrogens (tertiary/aromatic N) is 4. The van der Waals surface area contributed by atoms with Gasteiger partial charge in [0.1, 0.15) is 6.33 Å². The number of rotatable bonds is 4. The average Bonchev–Trinajstić information content (AvgIpc) is 3.22. The molecule has 174 valence electrons. The Morgan fingerprint density at radius 2 is 1.91 bits per heavy atom. The van der Waals surface area contributed by atoms with E-state index >= 15 is 0 Å². The van der Waals surface area contributed by atoms with Crippen molar-refractivity contribution >= 4 is 44.4 Å². The number of sulfonamides is 1. The molecule has 2 aromatic carbocycles. The number of carbonyl (C=O) groups is 1. The van der Waals surface area contributed by atoms with Gasteiger partial charge >= 0.3 is 0 Å². The van der Waals surface area contributed by atoms with E-state index in [1.807, 2.05) is 36.5 Å². The van der Waals surface area contributed by atoms with E-state index in [0.717, 1.165) is 29.6 Å². The van der Waals surface area contributed by atoms with E-state index < -0.39 is 10.0 Å². The second kappa shape index (κ2) is 9.08. The summed E-state index contributed by atoms with van der Waals surface area (Å²) in [4.78, 5) is 17.4. The van der Waals surface area contributed by atoms with Gasteiger partial charge in [-0.2, -0.15) is 5.10 Å². The number of aromatic nitrogens is 3. The van der Waals surface area contributed by atoms with Crippen LogP contribution in [0, 0.1) is 0 Å². The highest BCUT2D eigenvalue weighted by Gasteiger charge is 2.25. The van der Waals surface area contributed by atoms with E-state index in [4.69, 9.17) is 11.6 Å². The van der Waals surface area contributed by atoms with Gasteiger partial charge < -0.3 is 5.32 Å². The molecule has 0 radical (unpaired) electrons. The molecule has 3 heterocycles. The summed E-state index contributed by atoms with van der Waals surface area (Å²) in [5.74, 6) is -0.270. The van der Waals surface area contributed by atoms with Crippen LogP contribution in [0.1, 0.15) is 29.6 Å². The molecule has 4 aromatic rings. The van der Waals surface area contributed by atoms with Crippen LogP contribution in [-0.4, -0.2) is 41.2 Å². The third-order valence-electron chi connectivity index (χ3n) is 5.81. The van der Waals surface area contributed by atoms with Crippen LogP contribution >= 0.6 is 11.6 Å². The Hall–Kier alpha value is -3.43. The first kappa shape index (κ1) is 22.4. The molecule has 0 spiro atoms. The molecular weight excluding hydrogens is 474 g/mol. The van der Waals surface area contributed by atoms with Gasteiger partial charge in [0.2, 0.25) is 10.0 Å². The lowest BCUT2D eigenvalue weighted by atomic mass is 10.1. The standard InChI is InChI=1S/C24H22ClN5O3S/c25-21-15-19(30-12-2-1-3-13-34(30,32)33)9-10-20(21)24(31)28-18-7-4-6-17(14-18)23-22-8-5-11-29(22)27-16-26-23/h4-11,14-16H,1-3,12-13H2,(H,28,31). The maximum Gasteiger partial charge on any atom is 0.257 e. The third-order valence-corrected chi connectivity index (χ3v) is 7.99. The molecular formula is C24H22ClN5O3S. The van der Waals surface area contributed by atoms with E-state index in [1.54, 1.807) is 28.8 Å². The van der Waals surface area contributed by atoms with E-state index in [1.165, 1.54) is 10.6 Å². The number of hydrogen-bond acceptors (Lipinski definition) is 5. The van der Waals surface area contributed by atoms with Gasteiger partial charge in [0, 0.05) is 24.0 Å². The van der Waals surface area contributed by atoms with Crippen molar-refractivity contribution in [3.05, 3.63) is 77.7 Å². The maximum absolute atomic E-state index is 13.0. The highest BCUT2D eigenvalue weighted by Crippen LogP contribution is 2.29. The fourth-order valence-electron chi connectivity index (χ4n) is 4.13.